The highest BCUT2D eigenvalue weighted by atomic mass is 16.2. The van der Waals surface area contributed by atoms with E-state index < -0.39 is 6.04 Å². The fourth-order valence-corrected chi connectivity index (χ4v) is 3.22. The Morgan fingerprint density at radius 2 is 1.92 bits per heavy atom. The number of carbonyl (C=O) groups excluding carboxylic acids is 2. The maximum absolute atomic E-state index is 13.0. The van der Waals surface area contributed by atoms with Gasteiger partial charge in [0.25, 0.3) is 5.91 Å². The lowest BCUT2D eigenvalue weighted by molar-refractivity contribution is -0.147. The van der Waals surface area contributed by atoms with Gasteiger partial charge in [0.15, 0.2) is 0 Å². The molecule has 5 nitrogen and oxygen atoms in total. The molecule has 1 aliphatic heterocycles. The maximum Gasteiger partial charge on any atom is 0.251 e. The molecule has 3 aromatic rings. The van der Waals surface area contributed by atoms with Crippen molar-refractivity contribution in [3.05, 3.63) is 65.9 Å². The van der Waals surface area contributed by atoms with E-state index >= 15 is 0 Å². The van der Waals surface area contributed by atoms with Crippen molar-refractivity contribution in [1.29, 1.82) is 0 Å². The van der Waals surface area contributed by atoms with Crippen LogP contribution >= 0.6 is 0 Å². The number of aryl methyl sites for hydroxylation is 1. The summed E-state index contributed by atoms with van der Waals surface area (Å²) in [6, 6.07) is 14.8. The quantitative estimate of drug-likeness (QED) is 0.719. The number of nitrogens with zero attached hydrogens (tertiary/aromatic N) is 1. The predicted molar refractivity (Wildman–Crippen MR) is 97.2 cm³/mol. The molecule has 25 heavy (non-hydrogen) atoms. The van der Waals surface area contributed by atoms with Crippen LogP contribution in [0.25, 0.3) is 10.9 Å². The van der Waals surface area contributed by atoms with Crippen LogP contribution < -0.4 is 5.32 Å². The summed E-state index contributed by atoms with van der Waals surface area (Å²) < 4.78 is 0. The second-order valence-electron chi connectivity index (χ2n) is 6.38. The van der Waals surface area contributed by atoms with Crippen LogP contribution in [0.2, 0.25) is 0 Å². The third-order valence-corrected chi connectivity index (χ3v) is 4.68. The summed E-state index contributed by atoms with van der Waals surface area (Å²) in [4.78, 5) is 29.9. The Morgan fingerprint density at radius 3 is 2.60 bits per heavy atom. The molecular formula is C20H19N3O2. The van der Waals surface area contributed by atoms with Crippen LogP contribution in [0.5, 0.6) is 0 Å². The van der Waals surface area contributed by atoms with E-state index in [0.717, 1.165) is 27.7 Å². The van der Waals surface area contributed by atoms with Gasteiger partial charge in [-0.3, -0.25) is 9.59 Å². The first-order chi connectivity index (χ1) is 12.1. The van der Waals surface area contributed by atoms with Crippen LogP contribution in [0.1, 0.15) is 23.6 Å². The summed E-state index contributed by atoms with van der Waals surface area (Å²) in [6.45, 7) is 2.60. The normalized spacial score (nSPS) is 15.1. The highest BCUT2D eigenvalue weighted by Crippen LogP contribution is 2.33. The molecule has 2 N–H and O–H groups in total. The number of carbonyl (C=O) groups is 2. The van der Waals surface area contributed by atoms with Gasteiger partial charge in [-0.2, -0.15) is 0 Å². The minimum atomic E-state index is -0.626. The molecule has 4 rings (SSSR count). The van der Waals surface area contributed by atoms with Gasteiger partial charge < -0.3 is 15.2 Å². The zero-order valence-corrected chi connectivity index (χ0v) is 14.0. The monoisotopic (exact) mass is 333 g/mol. The van der Waals surface area contributed by atoms with Gasteiger partial charge >= 0.3 is 0 Å². The van der Waals surface area contributed by atoms with Crippen LogP contribution in [0.4, 0.5) is 5.69 Å². The Balaban J connectivity index is 1.70. The fraction of sp³-hybridized carbons (Fsp3) is 0.200. The highest BCUT2D eigenvalue weighted by Gasteiger charge is 2.37. The van der Waals surface area contributed by atoms with E-state index in [0.29, 0.717) is 13.0 Å². The van der Waals surface area contributed by atoms with E-state index in [1.54, 1.807) is 4.90 Å². The van der Waals surface area contributed by atoms with Gasteiger partial charge in [0.05, 0.1) is 0 Å². The first-order valence-electron chi connectivity index (χ1n) is 8.36. The average molecular weight is 333 g/mol. The number of fused-ring (bicyclic) bond motifs is 1. The molecule has 0 radical (unpaired) electrons. The second kappa shape index (κ2) is 6.09. The number of amides is 2. The molecule has 1 saturated heterocycles. The number of likely N-dealkylation sites (tertiary alicyclic amines) is 1. The summed E-state index contributed by atoms with van der Waals surface area (Å²) >= 11 is 0. The van der Waals surface area contributed by atoms with Crippen molar-refractivity contribution in [2.24, 2.45) is 0 Å². The van der Waals surface area contributed by atoms with Crippen molar-refractivity contribution in [2.75, 3.05) is 11.9 Å². The Morgan fingerprint density at radius 1 is 1.16 bits per heavy atom. The Hall–Kier alpha value is -3.08. The highest BCUT2D eigenvalue weighted by molar-refractivity contribution is 6.01. The summed E-state index contributed by atoms with van der Waals surface area (Å²) in [5, 5.41) is 3.91. The zero-order valence-electron chi connectivity index (χ0n) is 14.0. The van der Waals surface area contributed by atoms with Crippen LogP contribution in [-0.4, -0.2) is 28.2 Å². The fourth-order valence-electron chi connectivity index (χ4n) is 3.22. The van der Waals surface area contributed by atoms with E-state index in [1.165, 1.54) is 0 Å². The molecule has 2 heterocycles. The van der Waals surface area contributed by atoms with Crippen LogP contribution in [-0.2, 0) is 9.59 Å². The zero-order chi connectivity index (χ0) is 17.4. The number of para-hydroxylation sites is 1. The van der Waals surface area contributed by atoms with Crippen molar-refractivity contribution in [1.82, 2.24) is 9.88 Å². The van der Waals surface area contributed by atoms with Crippen molar-refractivity contribution in [3.8, 4) is 0 Å². The largest absolute Gasteiger partial charge is 0.361 e. The summed E-state index contributed by atoms with van der Waals surface area (Å²) in [7, 11) is 0. The number of rotatable bonds is 4. The smallest absolute Gasteiger partial charge is 0.251 e. The Bertz CT molecular complexity index is 943. The molecule has 5 heteroatoms. The summed E-state index contributed by atoms with van der Waals surface area (Å²) in [5.74, 6) is -0.184. The third kappa shape index (κ3) is 2.78. The van der Waals surface area contributed by atoms with Gasteiger partial charge in [-0.15, -0.1) is 0 Å². The predicted octanol–water partition coefficient (Wildman–Crippen LogP) is 3.39. The lowest BCUT2D eigenvalue weighted by Gasteiger charge is -2.37. The van der Waals surface area contributed by atoms with Crippen LogP contribution in [0.15, 0.2) is 54.7 Å². The van der Waals surface area contributed by atoms with Crippen molar-refractivity contribution in [2.45, 2.75) is 19.4 Å². The maximum atomic E-state index is 13.0. The Labute approximate surface area is 145 Å². The van der Waals surface area contributed by atoms with Gasteiger partial charge in [-0.1, -0.05) is 35.9 Å². The molecule has 1 aliphatic rings. The van der Waals surface area contributed by atoms with E-state index in [4.69, 9.17) is 0 Å². The Kier molecular flexibility index (Phi) is 3.76. The standard InChI is InChI=1S/C20H19N3O2/c1-13-6-8-14(9-7-13)22-20(25)19(23-11-10-18(23)24)16-12-21-17-5-3-2-4-15(16)17/h2-9,12,19,21H,10-11H2,1H3,(H,22,25). The number of H-pyrrole nitrogens is 1. The first kappa shape index (κ1) is 15.4. The molecule has 1 aromatic heterocycles. The lowest BCUT2D eigenvalue weighted by Crippen LogP contribution is -2.49. The van der Waals surface area contributed by atoms with Crippen LogP contribution in [0, 0.1) is 6.92 Å². The number of hydrogen-bond donors (Lipinski definition) is 2. The molecule has 1 fully saturated rings. The van der Waals surface area contributed by atoms with Gasteiger partial charge in [-0.05, 0) is 25.1 Å². The molecule has 0 spiro atoms. The molecule has 0 aliphatic carbocycles. The molecule has 1 unspecified atom stereocenters. The van der Waals surface area contributed by atoms with Crippen molar-refractivity contribution in [3.63, 3.8) is 0 Å². The molecule has 1 atom stereocenters. The number of aromatic nitrogens is 1. The van der Waals surface area contributed by atoms with E-state index in [2.05, 4.69) is 10.3 Å². The van der Waals surface area contributed by atoms with Crippen LogP contribution in [0.3, 0.4) is 0 Å². The molecule has 2 aromatic carbocycles. The molecule has 0 bridgehead atoms. The SMILES string of the molecule is Cc1ccc(NC(=O)C(c2c[nH]c3ccccc23)N2CCC2=O)cc1. The lowest BCUT2D eigenvalue weighted by atomic mass is 9.99. The molecule has 126 valence electrons. The van der Waals surface area contributed by atoms with E-state index in [9.17, 15) is 9.59 Å². The first-order valence-corrected chi connectivity index (χ1v) is 8.36. The average Bonchev–Trinajstić information content (AvgIpc) is 3.03. The third-order valence-electron chi connectivity index (χ3n) is 4.68. The summed E-state index contributed by atoms with van der Waals surface area (Å²) in [5.41, 5.74) is 3.64. The summed E-state index contributed by atoms with van der Waals surface area (Å²) in [6.07, 6.45) is 2.33. The van der Waals surface area contributed by atoms with Gasteiger partial charge in [-0.25, -0.2) is 0 Å². The number of hydrogen-bond acceptors (Lipinski definition) is 2. The number of nitrogens with one attached hydrogen (secondary N) is 2. The topological polar surface area (TPSA) is 65.2 Å². The van der Waals surface area contributed by atoms with E-state index in [-0.39, 0.29) is 11.8 Å². The minimum absolute atomic E-state index is 0.00865. The second-order valence-corrected chi connectivity index (χ2v) is 6.38. The van der Waals surface area contributed by atoms with E-state index in [1.807, 2.05) is 61.7 Å². The van der Waals surface area contributed by atoms with Gasteiger partial charge in [0.2, 0.25) is 5.91 Å². The minimum Gasteiger partial charge on any atom is -0.361 e. The number of benzene rings is 2. The van der Waals surface area contributed by atoms with Gasteiger partial charge in [0.1, 0.15) is 6.04 Å². The van der Waals surface area contributed by atoms with Crippen molar-refractivity contribution >= 4 is 28.4 Å². The molecule has 0 saturated carbocycles. The van der Waals surface area contributed by atoms with Crippen molar-refractivity contribution < 1.29 is 9.59 Å². The number of anilines is 1. The molecule has 2 amide bonds. The van der Waals surface area contributed by atoms with Gasteiger partial charge in [0, 0.05) is 41.3 Å². The molecular weight excluding hydrogens is 314 g/mol. The number of β-lactam (4-membered cyclic amide) rings is 1. The number of aromatic amines is 1.